The van der Waals surface area contributed by atoms with Crippen LogP contribution in [0.5, 0.6) is 0 Å². The van der Waals surface area contributed by atoms with Crippen LogP contribution in [0.15, 0.2) is 85.1 Å². The predicted octanol–water partition coefficient (Wildman–Crippen LogP) is 10.1. The van der Waals surface area contributed by atoms with E-state index < -0.39 is 63.1 Å². The fourth-order valence-electron chi connectivity index (χ4n) is 6.70. The van der Waals surface area contributed by atoms with Gasteiger partial charge in [0, 0.05) is 13.0 Å². The molecule has 1 fully saturated rings. The molecule has 6 unspecified atom stereocenters. The van der Waals surface area contributed by atoms with Gasteiger partial charge in [0.1, 0.15) is 42.7 Å². The molecular weight excluding hydrogens is 824 g/mol. The lowest BCUT2D eigenvalue weighted by Crippen LogP contribution is -2.64. The van der Waals surface area contributed by atoms with Crippen LogP contribution in [0.3, 0.4) is 0 Å². The van der Waals surface area contributed by atoms with Gasteiger partial charge in [0.2, 0.25) is 0 Å². The van der Waals surface area contributed by atoms with Gasteiger partial charge in [-0.2, -0.15) is 0 Å². The van der Waals surface area contributed by atoms with Gasteiger partial charge in [-0.05, 0) is 89.9 Å². The molecule has 0 amide bonds. The Morgan fingerprint density at radius 3 is 1.43 bits per heavy atom. The Morgan fingerprint density at radius 2 is 0.937 bits per heavy atom. The van der Waals surface area contributed by atoms with Crippen LogP contribution in [0, 0.1) is 0 Å². The Hall–Kier alpha value is -2.48. The molecule has 1 saturated carbocycles. The third-order valence-corrected chi connectivity index (χ3v) is 11.5. The SMILES string of the molecule is CC/C=C\C/C=C\C/C=C\C/C=C\C/C=C\CCCCOCC(COP(=O)(O)OC1C(O)C(O)C(O)C(O)C1O)OC(=O)CCCCCCCCC/C=C\C/C=C\CCCCCC. The highest BCUT2D eigenvalue weighted by molar-refractivity contribution is 7.47. The molecule has 0 bridgehead atoms. The van der Waals surface area contributed by atoms with Crippen LogP contribution in [-0.2, 0) is 27.9 Å². The van der Waals surface area contributed by atoms with Crippen LogP contribution in [-0.4, -0.2) is 98.9 Å². The summed E-state index contributed by atoms with van der Waals surface area (Å²) in [5, 5.41) is 50.2. The number of aliphatic hydroxyl groups excluding tert-OH is 5. The molecule has 0 heterocycles. The first kappa shape index (κ1) is 58.5. The standard InChI is InChI=1S/C50H85O12P/c1-3-5-7-9-11-13-15-17-19-21-23-25-27-29-31-33-35-37-39-44(51)61-43(42-60-63(57,58)62-50-48(55)46(53)45(52)47(54)49(50)56)41-59-40-38-36-34-32-30-28-26-24-22-20-18-16-14-12-10-8-6-4-2/h6,8,12-15,18-21,24,26,30,32,43,45-50,52-56H,3-5,7,9-11,16-17,22-23,25,27-29,31,33-42H2,1-2H3,(H,57,58)/b8-6-,14-12-,15-13-,20-18-,21-19-,26-24-,32-30-. The Bertz CT molecular complexity index is 1360. The second-order valence-corrected chi connectivity index (χ2v) is 17.6. The summed E-state index contributed by atoms with van der Waals surface area (Å²) >= 11 is 0. The number of phosphoric acid groups is 1. The summed E-state index contributed by atoms with van der Waals surface area (Å²) in [4.78, 5) is 23.2. The van der Waals surface area contributed by atoms with E-state index in [0.717, 1.165) is 89.9 Å². The number of phosphoric ester groups is 1. The maximum absolute atomic E-state index is 12.8. The highest BCUT2D eigenvalue weighted by Crippen LogP contribution is 2.47. The summed E-state index contributed by atoms with van der Waals surface area (Å²) in [6.07, 6.45) is 40.8. The number of allylic oxidation sites excluding steroid dienone is 14. The van der Waals surface area contributed by atoms with Crippen molar-refractivity contribution in [1.29, 1.82) is 0 Å². The number of hydrogen-bond acceptors (Lipinski definition) is 11. The molecular formula is C50H85O12P. The summed E-state index contributed by atoms with van der Waals surface area (Å²) in [7, 11) is -5.04. The van der Waals surface area contributed by atoms with Crippen LogP contribution in [0.25, 0.3) is 0 Å². The number of rotatable bonds is 39. The van der Waals surface area contributed by atoms with E-state index in [-0.39, 0.29) is 13.0 Å². The molecule has 0 radical (unpaired) electrons. The molecule has 0 aromatic rings. The second-order valence-electron chi connectivity index (χ2n) is 16.2. The molecule has 0 aromatic carbocycles. The van der Waals surface area contributed by atoms with E-state index in [0.29, 0.717) is 13.0 Å². The topological polar surface area (TPSA) is 192 Å². The Kier molecular flexibility index (Phi) is 37.0. The maximum Gasteiger partial charge on any atom is 0.472 e. The van der Waals surface area contributed by atoms with Gasteiger partial charge in [-0.3, -0.25) is 13.8 Å². The van der Waals surface area contributed by atoms with Crippen LogP contribution in [0.4, 0.5) is 0 Å². The fraction of sp³-hybridized carbons (Fsp3) is 0.700. The zero-order valence-electron chi connectivity index (χ0n) is 38.6. The van der Waals surface area contributed by atoms with Gasteiger partial charge in [-0.15, -0.1) is 0 Å². The van der Waals surface area contributed by atoms with Crippen molar-refractivity contribution in [1.82, 2.24) is 0 Å². The average molecular weight is 909 g/mol. The minimum atomic E-state index is -5.04. The van der Waals surface area contributed by atoms with Gasteiger partial charge in [0.05, 0.1) is 13.2 Å². The van der Waals surface area contributed by atoms with Crippen LogP contribution in [0.2, 0.25) is 0 Å². The van der Waals surface area contributed by atoms with Gasteiger partial charge in [-0.25, -0.2) is 4.57 Å². The molecule has 0 aromatic heterocycles. The zero-order chi connectivity index (χ0) is 46.2. The number of carbonyl (C=O) groups excluding carboxylic acids is 1. The summed E-state index contributed by atoms with van der Waals surface area (Å²) in [5.74, 6) is -0.504. The lowest BCUT2D eigenvalue weighted by Gasteiger charge is -2.41. The van der Waals surface area contributed by atoms with Crippen LogP contribution in [0.1, 0.15) is 162 Å². The highest BCUT2D eigenvalue weighted by Gasteiger charge is 2.51. The lowest BCUT2D eigenvalue weighted by molar-refractivity contribution is -0.220. The van der Waals surface area contributed by atoms with E-state index in [1.807, 2.05) is 0 Å². The molecule has 0 saturated heterocycles. The van der Waals surface area contributed by atoms with Gasteiger partial charge in [0.15, 0.2) is 0 Å². The van der Waals surface area contributed by atoms with E-state index in [1.54, 1.807) is 0 Å². The molecule has 0 aliphatic heterocycles. The van der Waals surface area contributed by atoms with Crippen molar-refractivity contribution >= 4 is 13.8 Å². The number of esters is 1. The molecule has 63 heavy (non-hydrogen) atoms. The van der Waals surface area contributed by atoms with Gasteiger partial charge in [-0.1, -0.05) is 150 Å². The van der Waals surface area contributed by atoms with Crippen LogP contribution < -0.4 is 0 Å². The molecule has 0 spiro atoms. The summed E-state index contributed by atoms with van der Waals surface area (Å²) < 4.78 is 34.2. The Labute approximate surface area is 380 Å². The smallest absolute Gasteiger partial charge is 0.457 e. The van der Waals surface area contributed by atoms with Gasteiger partial charge < -0.3 is 39.9 Å². The van der Waals surface area contributed by atoms with Crippen molar-refractivity contribution in [2.24, 2.45) is 0 Å². The second kappa shape index (κ2) is 39.8. The summed E-state index contributed by atoms with van der Waals surface area (Å²) in [6, 6.07) is 0. The molecule has 12 nitrogen and oxygen atoms in total. The number of aliphatic hydroxyl groups is 5. The summed E-state index contributed by atoms with van der Waals surface area (Å²) in [5.41, 5.74) is 0. The average Bonchev–Trinajstić information content (AvgIpc) is 3.27. The Balaban J connectivity index is 2.43. The van der Waals surface area contributed by atoms with E-state index in [9.17, 15) is 39.8 Å². The minimum Gasteiger partial charge on any atom is -0.457 e. The van der Waals surface area contributed by atoms with E-state index in [2.05, 4.69) is 98.9 Å². The first-order valence-corrected chi connectivity index (χ1v) is 25.4. The third kappa shape index (κ3) is 31.9. The molecule has 1 aliphatic rings. The van der Waals surface area contributed by atoms with E-state index in [4.69, 9.17) is 18.5 Å². The Morgan fingerprint density at radius 1 is 0.524 bits per heavy atom. The van der Waals surface area contributed by atoms with Crippen molar-refractivity contribution in [3.8, 4) is 0 Å². The number of carbonyl (C=O) groups is 1. The fourth-order valence-corrected chi connectivity index (χ4v) is 7.68. The molecule has 1 rings (SSSR count). The van der Waals surface area contributed by atoms with Crippen molar-refractivity contribution in [3.05, 3.63) is 85.1 Å². The van der Waals surface area contributed by atoms with Gasteiger partial charge in [0.25, 0.3) is 0 Å². The van der Waals surface area contributed by atoms with Crippen molar-refractivity contribution < 1.29 is 58.3 Å². The third-order valence-electron chi connectivity index (χ3n) is 10.5. The molecule has 362 valence electrons. The van der Waals surface area contributed by atoms with Crippen molar-refractivity contribution in [2.45, 2.75) is 204 Å². The first-order chi connectivity index (χ1) is 30.5. The van der Waals surface area contributed by atoms with E-state index in [1.165, 1.54) is 44.9 Å². The lowest BCUT2D eigenvalue weighted by atomic mass is 9.85. The number of ether oxygens (including phenoxy) is 2. The molecule has 6 atom stereocenters. The summed E-state index contributed by atoms with van der Waals surface area (Å²) in [6.45, 7) is 4.01. The molecule has 13 heteroatoms. The monoisotopic (exact) mass is 909 g/mol. The van der Waals surface area contributed by atoms with Crippen LogP contribution >= 0.6 is 7.82 Å². The van der Waals surface area contributed by atoms with Crippen molar-refractivity contribution in [3.63, 3.8) is 0 Å². The maximum atomic E-state index is 12.8. The normalized spacial score (nSPS) is 22.6. The predicted molar refractivity (Wildman–Crippen MR) is 253 cm³/mol. The van der Waals surface area contributed by atoms with E-state index >= 15 is 0 Å². The molecule has 1 aliphatic carbocycles. The largest absolute Gasteiger partial charge is 0.472 e. The number of hydrogen-bond donors (Lipinski definition) is 6. The minimum absolute atomic E-state index is 0.114. The molecule has 6 N–H and O–H groups in total. The highest BCUT2D eigenvalue weighted by atomic mass is 31.2. The van der Waals surface area contributed by atoms with Crippen molar-refractivity contribution in [2.75, 3.05) is 19.8 Å². The zero-order valence-corrected chi connectivity index (χ0v) is 39.5. The quantitative estimate of drug-likeness (QED) is 0.0148. The number of unbranched alkanes of at least 4 members (excludes halogenated alkanes) is 13. The first-order valence-electron chi connectivity index (χ1n) is 23.9. The van der Waals surface area contributed by atoms with Gasteiger partial charge >= 0.3 is 13.8 Å².